The summed E-state index contributed by atoms with van der Waals surface area (Å²) >= 11 is 0. The fourth-order valence-electron chi connectivity index (χ4n) is 3.51. The molecular weight excluding hydrogens is 502 g/mol. The highest BCUT2D eigenvalue weighted by Crippen LogP contribution is 2.32. The Morgan fingerprint density at radius 2 is 1.41 bits per heavy atom. The average molecular weight is 550 g/mol. The van der Waals surface area contributed by atoms with Crippen LogP contribution in [-0.2, 0) is 35.1 Å². The first-order valence-electron chi connectivity index (χ1n) is 13.6. The second-order valence-corrected chi connectivity index (χ2v) is 12.4. The lowest BCUT2D eigenvalue weighted by molar-refractivity contribution is -0.158. The molecule has 0 radical (unpaired) electrons. The molecule has 0 bridgehead atoms. The van der Waals surface area contributed by atoms with Gasteiger partial charge in [-0.2, -0.15) is 0 Å². The van der Waals surface area contributed by atoms with Crippen molar-refractivity contribution in [1.82, 2.24) is 0 Å². The monoisotopic (exact) mass is 549 g/mol. The summed E-state index contributed by atoms with van der Waals surface area (Å²) in [5, 5.41) is 0. The average Bonchev–Trinajstić information content (AvgIpc) is 2.76. The van der Waals surface area contributed by atoms with Gasteiger partial charge in [0.05, 0.1) is 12.8 Å². The molecule has 0 saturated heterocycles. The zero-order chi connectivity index (χ0) is 29.8. The van der Waals surface area contributed by atoms with Crippen molar-refractivity contribution in [3.8, 4) is 11.5 Å². The van der Waals surface area contributed by atoms with Crippen molar-refractivity contribution in [1.29, 1.82) is 0 Å². The van der Waals surface area contributed by atoms with Gasteiger partial charge < -0.3 is 24.7 Å². The molecule has 2 atom stereocenters. The zero-order valence-electron chi connectivity index (χ0n) is 24.9. The van der Waals surface area contributed by atoms with Gasteiger partial charge in [0.2, 0.25) is 0 Å². The highest BCUT2D eigenvalue weighted by Gasteiger charge is 2.24. The first-order chi connectivity index (χ1) is 18.0. The number of esters is 4. The van der Waals surface area contributed by atoms with E-state index in [1.54, 1.807) is 13.0 Å². The van der Waals surface area contributed by atoms with E-state index in [0.29, 0.717) is 12.0 Å². The Hall–Kier alpha value is -2.94. The van der Waals surface area contributed by atoms with Crippen molar-refractivity contribution >= 4 is 23.9 Å². The maximum Gasteiger partial charge on any atom is 0.323 e. The zero-order valence-corrected chi connectivity index (χ0v) is 24.9. The van der Waals surface area contributed by atoms with E-state index >= 15 is 0 Å². The minimum atomic E-state index is -1.01. The lowest BCUT2D eigenvalue weighted by Gasteiger charge is -2.20. The van der Waals surface area contributed by atoms with E-state index in [1.165, 1.54) is 12.1 Å². The third kappa shape index (κ3) is 15.3. The predicted molar refractivity (Wildman–Crippen MR) is 148 cm³/mol. The van der Waals surface area contributed by atoms with Crippen LogP contribution < -0.4 is 15.2 Å². The number of rotatable bonds is 14. The summed E-state index contributed by atoms with van der Waals surface area (Å²) in [5.74, 6) is -1.73. The molecule has 1 rings (SSSR count). The normalized spacial score (nSPS) is 13.3. The highest BCUT2D eigenvalue weighted by molar-refractivity contribution is 5.78. The smallest absolute Gasteiger partial charge is 0.323 e. The van der Waals surface area contributed by atoms with Crippen molar-refractivity contribution < 1.29 is 38.1 Å². The molecule has 9 nitrogen and oxygen atoms in total. The largest absolute Gasteiger partial charge is 0.461 e. The van der Waals surface area contributed by atoms with Gasteiger partial charge in [-0.25, -0.2) is 0 Å². The topological polar surface area (TPSA) is 131 Å². The van der Waals surface area contributed by atoms with Gasteiger partial charge in [0.15, 0.2) is 11.5 Å². The summed E-state index contributed by atoms with van der Waals surface area (Å²) in [5.41, 5.74) is 6.07. The molecule has 0 amide bonds. The Balaban J connectivity index is 2.86. The number of hydrogen-bond donors (Lipinski definition) is 1. The summed E-state index contributed by atoms with van der Waals surface area (Å²) in [6.45, 7) is 15.1. The minimum absolute atomic E-state index is 0.0770. The van der Waals surface area contributed by atoms with Gasteiger partial charge in [0.1, 0.15) is 18.8 Å². The van der Waals surface area contributed by atoms with Crippen molar-refractivity contribution in [2.45, 2.75) is 112 Å². The summed E-state index contributed by atoms with van der Waals surface area (Å²) in [7, 11) is 0. The standard InChI is InChI=1S/C30H47NO8/c1-9-10-11-12-25(32)37-20(2)19-36-28(35)22(31)15-21-13-14-23(38-26(33)17-29(3,4)5)24(16-21)39-27(34)18-30(6,7)8/h13-14,16,20,22H,9-12,15,17-19,31H2,1-8H3/t20-,22-/m0/s1. The van der Waals surface area contributed by atoms with Crippen LogP contribution in [0.3, 0.4) is 0 Å². The third-order valence-corrected chi connectivity index (χ3v) is 5.34. The van der Waals surface area contributed by atoms with Gasteiger partial charge in [0.25, 0.3) is 0 Å². The molecule has 0 aromatic heterocycles. The maximum absolute atomic E-state index is 12.5. The Bertz CT molecular complexity index is 974. The third-order valence-electron chi connectivity index (χ3n) is 5.34. The molecule has 0 aliphatic rings. The van der Waals surface area contributed by atoms with Crippen LogP contribution in [0.15, 0.2) is 18.2 Å². The van der Waals surface area contributed by atoms with E-state index < -0.39 is 30.1 Å². The lowest BCUT2D eigenvalue weighted by atomic mass is 9.92. The maximum atomic E-state index is 12.5. The van der Waals surface area contributed by atoms with Gasteiger partial charge >= 0.3 is 23.9 Å². The lowest BCUT2D eigenvalue weighted by Crippen LogP contribution is -2.36. The molecule has 220 valence electrons. The van der Waals surface area contributed by atoms with Gasteiger partial charge in [-0.05, 0) is 48.3 Å². The highest BCUT2D eigenvalue weighted by atomic mass is 16.6. The van der Waals surface area contributed by atoms with Gasteiger partial charge in [-0.3, -0.25) is 19.2 Å². The van der Waals surface area contributed by atoms with Crippen LogP contribution >= 0.6 is 0 Å². The van der Waals surface area contributed by atoms with Crippen LogP contribution in [0.4, 0.5) is 0 Å². The van der Waals surface area contributed by atoms with Gasteiger partial charge in [-0.15, -0.1) is 0 Å². The number of nitrogens with two attached hydrogens (primary N) is 1. The fraction of sp³-hybridized carbons (Fsp3) is 0.667. The number of ether oxygens (including phenoxy) is 4. The van der Waals surface area contributed by atoms with Crippen LogP contribution in [0.25, 0.3) is 0 Å². The molecule has 1 aromatic rings. The molecule has 2 N–H and O–H groups in total. The molecule has 0 fully saturated rings. The summed E-state index contributed by atoms with van der Waals surface area (Å²) in [6, 6.07) is 3.70. The van der Waals surface area contributed by atoms with E-state index in [2.05, 4.69) is 0 Å². The quantitative estimate of drug-likeness (QED) is 0.187. The number of unbranched alkanes of at least 4 members (excludes halogenated alkanes) is 2. The van der Waals surface area contributed by atoms with Crippen LogP contribution in [-0.4, -0.2) is 42.6 Å². The Labute approximate surface area is 233 Å². The Kier molecular flexibility index (Phi) is 13.6. The Morgan fingerprint density at radius 1 is 0.846 bits per heavy atom. The molecule has 0 heterocycles. The van der Waals surface area contributed by atoms with Gasteiger partial charge in [0, 0.05) is 6.42 Å². The van der Waals surface area contributed by atoms with E-state index in [1.807, 2.05) is 48.5 Å². The van der Waals surface area contributed by atoms with Crippen molar-refractivity contribution in [3.05, 3.63) is 23.8 Å². The van der Waals surface area contributed by atoms with E-state index in [9.17, 15) is 19.2 Å². The number of carbonyl (C=O) groups excluding carboxylic acids is 4. The second-order valence-electron chi connectivity index (χ2n) is 12.4. The van der Waals surface area contributed by atoms with Crippen LogP contribution in [0.2, 0.25) is 0 Å². The van der Waals surface area contributed by atoms with Crippen LogP contribution in [0.5, 0.6) is 11.5 Å². The molecule has 9 heteroatoms. The molecular formula is C30H47NO8. The van der Waals surface area contributed by atoms with Crippen molar-refractivity contribution in [2.24, 2.45) is 16.6 Å². The molecule has 39 heavy (non-hydrogen) atoms. The predicted octanol–water partition coefficient (Wildman–Crippen LogP) is 5.29. The first kappa shape index (κ1) is 34.1. The van der Waals surface area contributed by atoms with E-state index in [4.69, 9.17) is 24.7 Å². The summed E-state index contributed by atoms with van der Waals surface area (Å²) in [4.78, 5) is 49.3. The fourth-order valence-corrected chi connectivity index (χ4v) is 3.51. The molecule has 0 aliphatic carbocycles. The summed E-state index contributed by atoms with van der Waals surface area (Å²) in [6.07, 6.45) is 2.86. The summed E-state index contributed by atoms with van der Waals surface area (Å²) < 4.78 is 21.6. The molecule has 1 aromatic carbocycles. The number of hydrogen-bond acceptors (Lipinski definition) is 9. The molecule has 0 aliphatic heterocycles. The second kappa shape index (κ2) is 15.6. The van der Waals surface area contributed by atoms with Crippen LogP contribution in [0.1, 0.15) is 99.5 Å². The van der Waals surface area contributed by atoms with Crippen molar-refractivity contribution in [2.75, 3.05) is 6.61 Å². The number of benzene rings is 1. The minimum Gasteiger partial charge on any atom is -0.461 e. The van der Waals surface area contributed by atoms with E-state index in [-0.39, 0.29) is 54.2 Å². The molecule has 0 spiro atoms. The first-order valence-corrected chi connectivity index (χ1v) is 13.6. The number of carbonyl (C=O) groups is 4. The molecule has 0 unspecified atom stereocenters. The SMILES string of the molecule is CCCCCC(=O)O[C@@H](C)COC(=O)[C@@H](N)Cc1ccc(OC(=O)CC(C)(C)C)c(OC(=O)CC(C)(C)C)c1. The van der Waals surface area contributed by atoms with E-state index in [0.717, 1.165) is 19.3 Å². The van der Waals surface area contributed by atoms with Crippen molar-refractivity contribution in [3.63, 3.8) is 0 Å². The van der Waals surface area contributed by atoms with Gasteiger partial charge in [-0.1, -0.05) is 67.4 Å². The Morgan fingerprint density at radius 3 is 1.95 bits per heavy atom. The van der Waals surface area contributed by atoms with Crippen LogP contribution in [0, 0.1) is 10.8 Å². The molecule has 0 saturated carbocycles.